The third-order valence-electron chi connectivity index (χ3n) is 4.80. The molecule has 25 heavy (non-hydrogen) atoms. The van der Waals surface area contributed by atoms with E-state index in [-0.39, 0.29) is 5.91 Å². The molecule has 0 atom stereocenters. The van der Waals surface area contributed by atoms with Crippen molar-refractivity contribution in [2.75, 3.05) is 0 Å². The summed E-state index contributed by atoms with van der Waals surface area (Å²) in [7, 11) is 0. The fourth-order valence-electron chi connectivity index (χ4n) is 3.19. The lowest BCUT2D eigenvalue weighted by atomic mass is 10.1. The van der Waals surface area contributed by atoms with E-state index >= 15 is 0 Å². The molecule has 1 N–H and O–H groups in total. The number of hydrogen-bond acceptors (Lipinski definition) is 2. The zero-order chi connectivity index (χ0) is 17.2. The van der Waals surface area contributed by atoms with Gasteiger partial charge in [-0.2, -0.15) is 0 Å². The summed E-state index contributed by atoms with van der Waals surface area (Å²) in [5.41, 5.74) is 4.44. The second kappa shape index (κ2) is 6.71. The number of nitrogens with one attached hydrogen (secondary N) is 1. The van der Waals surface area contributed by atoms with Crippen LogP contribution in [0, 0.1) is 6.92 Å². The maximum atomic E-state index is 12.8. The first kappa shape index (κ1) is 15.9. The van der Waals surface area contributed by atoms with Gasteiger partial charge in [0.15, 0.2) is 0 Å². The highest BCUT2D eigenvalue weighted by atomic mass is 16.2. The molecule has 128 valence electrons. The number of aryl methyl sites for hydroxylation is 2. The largest absolute Gasteiger partial charge is 0.342 e. The molecule has 3 aromatic rings. The third-order valence-corrected chi connectivity index (χ3v) is 4.80. The molecule has 0 bridgehead atoms. The Bertz CT molecular complexity index is 845. The first-order valence-corrected chi connectivity index (χ1v) is 8.98. The van der Waals surface area contributed by atoms with Crippen LogP contribution in [0.15, 0.2) is 48.5 Å². The van der Waals surface area contributed by atoms with Gasteiger partial charge in [-0.05, 0) is 37.5 Å². The van der Waals surface area contributed by atoms with Crippen molar-refractivity contribution in [3.63, 3.8) is 0 Å². The molecule has 0 saturated heterocycles. The zero-order valence-corrected chi connectivity index (χ0v) is 14.5. The van der Waals surface area contributed by atoms with E-state index < -0.39 is 0 Å². The number of nitrogens with zero attached hydrogens (tertiary/aromatic N) is 2. The second-order valence-electron chi connectivity index (χ2n) is 6.94. The van der Waals surface area contributed by atoms with E-state index in [1.165, 1.54) is 11.1 Å². The van der Waals surface area contributed by atoms with E-state index in [1.807, 2.05) is 29.2 Å². The number of benzene rings is 2. The molecule has 1 aliphatic carbocycles. The van der Waals surface area contributed by atoms with Crippen LogP contribution >= 0.6 is 0 Å². The molecule has 2 aromatic carbocycles. The Kier molecular flexibility index (Phi) is 4.26. The summed E-state index contributed by atoms with van der Waals surface area (Å²) >= 11 is 0. The number of amides is 1. The van der Waals surface area contributed by atoms with Gasteiger partial charge in [0.2, 0.25) is 5.91 Å². The number of fused-ring (bicyclic) bond motifs is 1. The number of hydrogen-bond donors (Lipinski definition) is 1. The van der Waals surface area contributed by atoms with Crippen LogP contribution in [0.25, 0.3) is 11.0 Å². The Morgan fingerprint density at radius 2 is 1.92 bits per heavy atom. The van der Waals surface area contributed by atoms with Crippen LogP contribution in [0.1, 0.15) is 36.2 Å². The molecule has 4 rings (SSSR count). The monoisotopic (exact) mass is 333 g/mol. The van der Waals surface area contributed by atoms with E-state index in [4.69, 9.17) is 0 Å². The summed E-state index contributed by atoms with van der Waals surface area (Å²) in [6.07, 6.45) is 3.41. The number of imidazole rings is 1. The van der Waals surface area contributed by atoms with Crippen molar-refractivity contribution < 1.29 is 4.79 Å². The average Bonchev–Trinajstić information content (AvgIpc) is 3.37. The SMILES string of the molecule is Cc1ccc(CN(C(=O)CCc2nc3ccccc3[nH]2)C2CC2)cc1. The summed E-state index contributed by atoms with van der Waals surface area (Å²) in [5, 5.41) is 0. The summed E-state index contributed by atoms with van der Waals surface area (Å²) in [6.45, 7) is 2.80. The van der Waals surface area contributed by atoms with E-state index in [0.29, 0.717) is 25.4 Å². The number of carbonyl (C=O) groups excluding carboxylic acids is 1. The molecule has 1 amide bonds. The van der Waals surface area contributed by atoms with Crippen molar-refractivity contribution in [3.8, 4) is 0 Å². The smallest absolute Gasteiger partial charge is 0.223 e. The van der Waals surface area contributed by atoms with Gasteiger partial charge in [-0.15, -0.1) is 0 Å². The number of rotatable bonds is 6. The molecule has 0 aliphatic heterocycles. The normalized spacial score (nSPS) is 14.0. The van der Waals surface area contributed by atoms with Crippen LogP contribution in [0.5, 0.6) is 0 Å². The first-order valence-electron chi connectivity index (χ1n) is 8.98. The fraction of sp³-hybridized carbons (Fsp3) is 0.333. The molecule has 1 aromatic heterocycles. The van der Waals surface area contributed by atoms with Crippen LogP contribution in [0.4, 0.5) is 0 Å². The van der Waals surface area contributed by atoms with Crippen molar-refractivity contribution in [1.29, 1.82) is 0 Å². The lowest BCUT2D eigenvalue weighted by Crippen LogP contribution is -2.32. The maximum absolute atomic E-state index is 12.8. The van der Waals surface area contributed by atoms with Gasteiger partial charge in [0.25, 0.3) is 0 Å². The lowest BCUT2D eigenvalue weighted by Gasteiger charge is -2.22. The van der Waals surface area contributed by atoms with Crippen molar-refractivity contribution in [1.82, 2.24) is 14.9 Å². The maximum Gasteiger partial charge on any atom is 0.223 e. The van der Waals surface area contributed by atoms with Crippen LogP contribution < -0.4 is 0 Å². The van der Waals surface area contributed by atoms with Gasteiger partial charge < -0.3 is 9.88 Å². The lowest BCUT2D eigenvalue weighted by molar-refractivity contribution is -0.132. The van der Waals surface area contributed by atoms with Gasteiger partial charge in [-0.25, -0.2) is 4.98 Å². The van der Waals surface area contributed by atoms with Crippen LogP contribution in [-0.2, 0) is 17.8 Å². The van der Waals surface area contributed by atoms with E-state index in [9.17, 15) is 4.79 Å². The second-order valence-corrected chi connectivity index (χ2v) is 6.94. The summed E-state index contributed by atoms with van der Waals surface area (Å²) in [5.74, 6) is 1.11. The minimum absolute atomic E-state index is 0.225. The minimum atomic E-state index is 0.225. The van der Waals surface area contributed by atoms with E-state index in [0.717, 1.165) is 29.7 Å². The number of aromatic nitrogens is 2. The number of carbonyl (C=O) groups is 1. The highest BCUT2D eigenvalue weighted by molar-refractivity contribution is 5.78. The molecule has 0 spiro atoms. The average molecular weight is 333 g/mol. The third kappa shape index (κ3) is 3.73. The highest BCUT2D eigenvalue weighted by Crippen LogP contribution is 2.29. The van der Waals surface area contributed by atoms with E-state index in [1.54, 1.807) is 0 Å². The molecule has 0 unspecified atom stereocenters. The van der Waals surface area contributed by atoms with Gasteiger partial charge in [0, 0.05) is 25.4 Å². The topological polar surface area (TPSA) is 49.0 Å². The van der Waals surface area contributed by atoms with Gasteiger partial charge >= 0.3 is 0 Å². The summed E-state index contributed by atoms with van der Waals surface area (Å²) < 4.78 is 0. The molecular formula is C21H23N3O. The van der Waals surface area contributed by atoms with Crippen molar-refractivity contribution in [3.05, 3.63) is 65.5 Å². The Balaban J connectivity index is 1.41. The van der Waals surface area contributed by atoms with Crippen LogP contribution in [-0.4, -0.2) is 26.8 Å². The number of aromatic amines is 1. The Hall–Kier alpha value is -2.62. The molecule has 4 heteroatoms. The Morgan fingerprint density at radius 3 is 2.64 bits per heavy atom. The fourth-order valence-corrected chi connectivity index (χ4v) is 3.19. The van der Waals surface area contributed by atoms with Crippen LogP contribution in [0.2, 0.25) is 0 Å². The number of para-hydroxylation sites is 2. The summed E-state index contributed by atoms with van der Waals surface area (Å²) in [4.78, 5) is 22.7. The minimum Gasteiger partial charge on any atom is -0.342 e. The van der Waals surface area contributed by atoms with Gasteiger partial charge in [0.1, 0.15) is 5.82 Å². The van der Waals surface area contributed by atoms with Crippen molar-refractivity contribution in [2.45, 2.75) is 45.2 Å². The molecular weight excluding hydrogens is 310 g/mol. The Morgan fingerprint density at radius 1 is 1.16 bits per heavy atom. The highest BCUT2D eigenvalue weighted by Gasteiger charge is 2.32. The number of H-pyrrole nitrogens is 1. The van der Waals surface area contributed by atoms with Gasteiger partial charge in [-0.1, -0.05) is 42.0 Å². The predicted octanol–water partition coefficient (Wildman–Crippen LogP) is 4.00. The quantitative estimate of drug-likeness (QED) is 0.741. The predicted molar refractivity (Wildman–Crippen MR) is 99.2 cm³/mol. The standard InChI is InChI=1S/C21H23N3O/c1-15-6-8-16(9-7-15)14-24(17-10-11-17)21(25)13-12-20-22-18-4-2-3-5-19(18)23-20/h2-9,17H,10-14H2,1H3,(H,22,23). The van der Waals surface area contributed by atoms with Gasteiger partial charge in [-0.3, -0.25) is 4.79 Å². The first-order chi connectivity index (χ1) is 12.2. The zero-order valence-electron chi connectivity index (χ0n) is 14.5. The van der Waals surface area contributed by atoms with Gasteiger partial charge in [0.05, 0.1) is 11.0 Å². The molecule has 4 nitrogen and oxygen atoms in total. The van der Waals surface area contributed by atoms with E-state index in [2.05, 4.69) is 41.2 Å². The van der Waals surface area contributed by atoms with Crippen molar-refractivity contribution >= 4 is 16.9 Å². The molecule has 1 fully saturated rings. The molecule has 0 radical (unpaired) electrons. The molecule has 1 saturated carbocycles. The van der Waals surface area contributed by atoms with Crippen LogP contribution in [0.3, 0.4) is 0 Å². The Labute approximate surface area is 147 Å². The van der Waals surface area contributed by atoms with Crippen molar-refractivity contribution in [2.24, 2.45) is 0 Å². The molecule has 1 aliphatic rings. The summed E-state index contributed by atoms with van der Waals surface area (Å²) in [6, 6.07) is 16.9. The molecule has 1 heterocycles.